The SMILES string of the molecule is CO/C(C)=C(/c1ccccc1)C(C)O. The van der Waals surface area contributed by atoms with Gasteiger partial charge in [0.05, 0.1) is 19.0 Å². The molecule has 2 nitrogen and oxygen atoms in total. The predicted molar refractivity (Wildman–Crippen MR) is 57.7 cm³/mol. The number of hydrogen-bond donors (Lipinski definition) is 1. The first-order chi connectivity index (χ1) is 6.66. The van der Waals surface area contributed by atoms with Gasteiger partial charge in [-0.1, -0.05) is 30.3 Å². The normalized spacial score (nSPS) is 14.6. The van der Waals surface area contributed by atoms with Gasteiger partial charge in [-0.2, -0.15) is 0 Å². The average Bonchev–Trinajstić information content (AvgIpc) is 2.19. The van der Waals surface area contributed by atoms with E-state index in [0.717, 1.165) is 16.9 Å². The summed E-state index contributed by atoms with van der Waals surface area (Å²) >= 11 is 0. The van der Waals surface area contributed by atoms with Crippen molar-refractivity contribution in [2.24, 2.45) is 0 Å². The predicted octanol–water partition coefficient (Wildman–Crippen LogP) is 2.44. The lowest BCUT2D eigenvalue weighted by Gasteiger charge is -2.14. The molecule has 0 amide bonds. The van der Waals surface area contributed by atoms with Gasteiger partial charge in [-0.05, 0) is 19.4 Å². The molecule has 0 bridgehead atoms. The fraction of sp³-hybridized carbons (Fsp3) is 0.333. The second-order valence-corrected chi connectivity index (χ2v) is 3.22. The molecule has 0 aromatic heterocycles. The minimum absolute atomic E-state index is 0.516. The molecule has 0 heterocycles. The van der Waals surface area contributed by atoms with Crippen LogP contribution in [0.15, 0.2) is 36.1 Å². The van der Waals surface area contributed by atoms with E-state index in [0.29, 0.717) is 0 Å². The van der Waals surface area contributed by atoms with Crippen molar-refractivity contribution in [3.05, 3.63) is 41.7 Å². The van der Waals surface area contributed by atoms with Crippen molar-refractivity contribution in [2.45, 2.75) is 20.0 Å². The highest BCUT2D eigenvalue weighted by Gasteiger charge is 2.11. The van der Waals surface area contributed by atoms with E-state index in [1.165, 1.54) is 0 Å². The highest BCUT2D eigenvalue weighted by molar-refractivity contribution is 5.69. The molecule has 0 saturated carbocycles. The molecule has 1 atom stereocenters. The zero-order chi connectivity index (χ0) is 10.6. The molecule has 76 valence electrons. The Labute approximate surface area is 84.8 Å². The van der Waals surface area contributed by atoms with Gasteiger partial charge < -0.3 is 9.84 Å². The van der Waals surface area contributed by atoms with E-state index >= 15 is 0 Å². The second-order valence-electron chi connectivity index (χ2n) is 3.22. The van der Waals surface area contributed by atoms with E-state index in [1.807, 2.05) is 37.3 Å². The van der Waals surface area contributed by atoms with Crippen LogP contribution in [0.25, 0.3) is 5.57 Å². The van der Waals surface area contributed by atoms with Crippen LogP contribution >= 0.6 is 0 Å². The number of ether oxygens (including phenoxy) is 1. The Morgan fingerprint density at radius 2 is 1.86 bits per heavy atom. The van der Waals surface area contributed by atoms with Gasteiger partial charge >= 0.3 is 0 Å². The molecule has 2 heteroatoms. The van der Waals surface area contributed by atoms with E-state index < -0.39 is 6.10 Å². The van der Waals surface area contributed by atoms with E-state index in [1.54, 1.807) is 14.0 Å². The standard InChI is InChI=1S/C12H16O2/c1-9(13)12(10(2)14-3)11-7-5-4-6-8-11/h4-9,13H,1-3H3/b12-10+. The highest BCUT2D eigenvalue weighted by atomic mass is 16.5. The molecule has 0 saturated heterocycles. The Kier molecular flexibility index (Phi) is 3.72. The average molecular weight is 192 g/mol. The third-order valence-electron chi connectivity index (χ3n) is 2.19. The summed E-state index contributed by atoms with van der Waals surface area (Å²) in [6.45, 7) is 3.60. The van der Waals surface area contributed by atoms with Crippen LogP contribution in [-0.4, -0.2) is 18.3 Å². The molecular formula is C12H16O2. The van der Waals surface area contributed by atoms with Crippen LogP contribution in [0.4, 0.5) is 0 Å². The summed E-state index contributed by atoms with van der Waals surface area (Å²) in [5.74, 6) is 0.756. The molecule has 1 rings (SSSR count). The molecule has 1 aromatic carbocycles. The fourth-order valence-corrected chi connectivity index (χ4v) is 1.47. The van der Waals surface area contributed by atoms with E-state index in [-0.39, 0.29) is 0 Å². The molecular weight excluding hydrogens is 176 g/mol. The maximum atomic E-state index is 9.63. The molecule has 0 aliphatic carbocycles. The highest BCUT2D eigenvalue weighted by Crippen LogP contribution is 2.22. The zero-order valence-electron chi connectivity index (χ0n) is 8.82. The molecule has 0 fully saturated rings. The number of hydrogen-bond acceptors (Lipinski definition) is 2. The van der Waals surface area contributed by atoms with Crippen LogP contribution in [0.5, 0.6) is 0 Å². The molecule has 0 radical (unpaired) electrons. The first kappa shape index (κ1) is 10.8. The maximum Gasteiger partial charge on any atom is 0.0988 e. The summed E-state index contributed by atoms with van der Waals surface area (Å²) in [5.41, 5.74) is 1.84. The van der Waals surface area contributed by atoms with Gasteiger partial charge in [0.2, 0.25) is 0 Å². The lowest BCUT2D eigenvalue weighted by Crippen LogP contribution is -2.06. The summed E-state index contributed by atoms with van der Waals surface area (Å²) in [5, 5.41) is 9.63. The summed E-state index contributed by atoms with van der Waals surface area (Å²) in [4.78, 5) is 0. The number of benzene rings is 1. The zero-order valence-corrected chi connectivity index (χ0v) is 8.82. The molecule has 1 N–H and O–H groups in total. The van der Waals surface area contributed by atoms with Crippen LogP contribution in [0.3, 0.4) is 0 Å². The first-order valence-electron chi connectivity index (χ1n) is 4.65. The van der Waals surface area contributed by atoms with Crippen LogP contribution in [0.2, 0.25) is 0 Å². The monoisotopic (exact) mass is 192 g/mol. The number of rotatable bonds is 3. The Morgan fingerprint density at radius 3 is 2.29 bits per heavy atom. The molecule has 0 aliphatic heterocycles. The number of aliphatic hydroxyl groups is 1. The van der Waals surface area contributed by atoms with Gasteiger partial charge in [-0.15, -0.1) is 0 Å². The quantitative estimate of drug-likeness (QED) is 0.745. The van der Waals surface area contributed by atoms with E-state index in [2.05, 4.69) is 0 Å². The van der Waals surface area contributed by atoms with Crippen molar-refractivity contribution in [1.82, 2.24) is 0 Å². The van der Waals surface area contributed by atoms with Crippen molar-refractivity contribution < 1.29 is 9.84 Å². The number of allylic oxidation sites excluding steroid dienone is 1. The van der Waals surface area contributed by atoms with Crippen molar-refractivity contribution >= 4 is 5.57 Å². The van der Waals surface area contributed by atoms with Crippen molar-refractivity contribution in [3.8, 4) is 0 Å². The first-order valence-corrected chi connectivity index (χ1v) is 4.65. The minimum Gasteiger partial charge on any atom is -0.501 e. The Hall–Kier alpha value is -1.28. The van der Waals surface area contributed by atoms with Crippen LogP contribution in [-0.2, 0) is 4.74 Å². The minimum atomic E-state index is -0.516. The molecule has 0 aliphatic rings. The summed E-state index contributed by atoms with van der Waals surface area (Å²) in [6, 6.07) is 9.77. The molecule has 14 heavy (non-hydrogen) atoms. The van der Waals surface area contributed by atoms with Gasteiger partial charge in [0.15, 0.2) is 0 Å². The maximum absolute atomic E-state index is 9.63. The van der Waals surface area contributed by atoms with Gasteiger partial charge in [0, 0.05) is 5.57 Å². The van der Waals surface area contributed by atoms with E-state index in [4.69, 9.17) is 4.74 Å². The molecule has 1 aromatic rings. The number of aliphatic hydroxyl groups excluding tert-OH is 1. The lowest BCUT2D eigenvalue weighted by atomic mass is 10.0. The Morgan fingerprint density at radius 1 is 1.29 bits per heavy atom. The third kappa shape index (κ3) is 2.36. The molecule has 1 unspecified atom stereocenters. The van der Waals surface area contributed by atoms with Gasteiger partial charge in [-0.25, -0.2) is 0 Å². The fourth-order valence-electron chi connectivity index (χ4n) is 1.47. The Balaban J connectivity index is 3.14. The summed E-state index contributed by atoms with van der Waals surface area (Å²) in [6.07, 6.45) is -0.516. The second kappa shape index (κ2) is 4.82. The summed E-state index contributed by atoms with van der Waals surface area (Å²) < 4.78 is 5.15. The topological polar surface area (TPSA) is 29.5 Å². The Bertz CT molecular complexity index is 312. The number of methoxy groups -OCH3 is 1. The van der Waals surface area contributed by atoms with Crippen LogP contribution in [0, 0.1) is 0 Å². The van der Waals surface area contributed by atoms with Gasteiger partial charge in [-0.3, -0.25) is 0 Å². The third-order valence-corrected chi connectivity index (χ3v) is 2.19. The van der Waals surface area contributed by atoms with Crippen molar-refractivity contribution in [3.63, 3.8) is 0 Å². The van der Waals surface area contributed by atoms with Gasteiger partial charge in [0.1, 0.15) is 0 Å². The smallest absolute Gasteiger partial charge is 0.0988 e. The van der Waals surface area contributed by atoms with Gasteiger partial charge in [0.25, 0.3) is 0 Å². The van der Waals surface area contributed by atoms with Crippen molar-refractivity contribution in [1.29, 1.82) is 0 Å². The van der Waals surface area contributed by atoms with E-state index in [9.17, 15) is 5.11 Å². The van der Waals surface area contributed by atoms with Crippen molar-refractivity contribution in [2.75, 3.05) is 7.11 Å². The van der Waals surface area contributed by atoms with Crippen LogP contribution < -0.4 is 0 Å². The largest absolute Gasteiger partial charge is 0.501 e. The van der Waals surface area contributed by atoms with Crippen LogP contribution in [0.1, 0.15) is 19.4 Å². The molecule has 0 spiro atoms. The summed E-state index contributed by atoms with van der Waals surface area (Å²) in [7, 11) is 1.61. The lowest BCUT2D eigenvalue weighted by molar-refractivity contribution is 0.239.